The standard InChI is InChI=1S/C16H25NO2/c1-19-15-8-6-14(7-9-15)16(18)10-13-17-11-4-2-3-5-12-17/h6-9,16,18H,2-5,10-13H2,1H3. The monoisotopic (exact) mass is 263 g/mol. The summed E-state index contributed by atoms with van der Waals surface area (Å²) < 4.78 is 5.13. The molecule has 0 aromatic heterocycles. The third-order valence-corrected chi connectivity index (χ3v) is 3.92. The van der Waals surface area contributed by atoms with Gasteiger partial charge >= 0.3 is 0 Å². The quantitative estimate of drug-likeness (QED) is 0.886. The molecule has 1 unspecified atom stereocenters. The van der Waals surface area contributed by atoms with Gasteiger partial charge in [0.2, 0.25) is 0 Å². The molecule has 0 spiro atoms. The Bertz CT molecular complexity index is 356. The minimum absolute atomic E-state index is 0.367. The summed E-state index contributed by atoms with van der Waals surface area (Å²) in [7, 11) is 1.66. The van der Waals surface area contributed by atoms with Gasteiger partial charge in [-0.2, -0.15) is 0 Å². The summed E-state index contributed by atoms with van der Waals surface area (Å²) in [6.45, 7) is 3.37. The topological polar surface area (TPSA) is 32.7 Å². The summed E-state index contributed by atoms with van der Waals surface area (Å²) in [5.74, 6) is 0.837. The average molecular weight is 263 g/mol. The summed E-state index contributed by atoms with van der Waals surface area (Å²) in [4.78, 5) is 2.49. The van der Waals surface area contributed by atoms with E-state index in [1.807, 2.05) is 24.3 Å². The molecule has 0 radical (unpaired) electrons. The van der Waals surface area contributed by atoms with Crippen molar-refractivity contribution in [3.63, 3.8) is 0 Å². The maximum atomic E-state index is 10.2. The second-order valence-corrected chi connectivity index (χ2v) is 5.33. The van der Waals surface area contributed by atoms with Crippen LogP contribution in [0.5, 0.6) is 5.75 Å². The highest BCUT2D eigenvalue weighted by Crippen LogP contribution is 2.21. The van der Waals surface area contributed by atoms with Crippen molar-refractivity contribution in [2.75, 3.05) is 26.7 Å². The molecule has 1 aromatic carbocycles. The highest BCUT2D eigenvalue weighted by molar-refractivity contribution is 5.28. The lowest BCUT2D eigenvalue weighted by Gasteiger charge is -2.21. The normalized spacial score (nSPS) is 18.8. The van der Waals surface area contributed by atoms with Crippen LogP contribution in [0.3, 0.4) is 0 Å². The predicted octanol–water partition coefficient (Wildman–Crippen LogP) is 2.99. The highest BCUT2D eigenvalue weighted by Gasteiger charge is 2.12. The van der Waals surface area contributed by atoms with Crippen LogP contribution in [0.15, 0.2) is 24.3 Å². The Labute approximate surface area is 116 Å². The first-order chi connectivity index (χ1) is 9.29. The third-order valence-electron chi connectivity index (χ3n) is 3.92. The lowest BCUT2D eigenvalue weighted by molar-refractivity contribution is 0.143. The number of hydrogen-bond acceptors (Lipinski definition) is 3. The zero-order valence-corrected chi connectivity index (χ0v) is 11.8. The van der Waals surface area contributed by atoms with Crippen molar-refractivity contribution in [3.05, 3.63) is 29.8 Å². The van der Waals surface area contributed by atoms with E-state index in [4.69, 9.17) is 4.74 Å². The van der Waals surface area contributed by atoms with E-state index < -0.39 is 0 Å². The molecule has 1 atom stereocenters. The van der Waals surface area contributed by atoms with E-state index in [-0.39, 0.29) is 6.10 Å². The molecule has 1 heterocycles. The second kappa shape index (κ2) is 7.51. The number of methoxy groups -OCH3 is 1. The van der Waals surface area contributed by atoms with Gasteiger partial charge in [-0.1, -0.05) is 25.0 Å². The first kappa shape index (κ1) is 14.4. The molecule has 1 aliphatic heterocycles. The minimum atomic E-state index is -0.367. The van der Waals surface area contributed by atoms with Gasteiger partial charge in [0.25, 0.3) is 0 Å². The molecule has 1 fully saturated rings. The number of hydrogen-bond donors (Lipinski definition) is 1. The molecule has 1 aromatic rings. The van der Waals surface area contributed by atoms with E-state index in [0.717, 1.165) is 24.3 Å². The maximum absolute atomic E-state index is 10.2. The van der Waals surface area contributed by atoms with Gasteiger partial charge < -0.3 is 14.7 Å². The Morgan fingerprint density at radius 1 is 1.11 bits per heavy atom. The minimum Gasteiger partial charge on any atom is -0.497 e. The summed E-state index contributed by atoms with van der Waals surface area (Å²) >= 11 is 0. The number of ether oxygens (including phenoxy) is 1. The maximum Gasteiger partial charge on any atom is 0.118 e. The van der Waals surface area contributed by atoms with Crippen molar-refractivity contribution in [3.8, 4) is 5.75 Å². The zero-order valence-electron chi connectivity index (χ0n) is 11.8. The van der Waals surface area contributed by atoms with Crippen molar-refractivity contribution in [1.29, 1.82) is 0 Å². The Hall–Kier alpha value is -1.06. The fourth-order valence-electron chi connectivity index (χ4n) is 2.66. The van der Waals surface area contributed by atoms with Crippen molar-refractivity contribution in [2.24, 2.45) is 0 Å². The van der Waals surface area contributed by atoms with Crippen LogP contribution in [0.25, 0.3) is 0 Å². The number of rotatable bonds is 5. The van der Waals surface area contributed by atoms with Crippen LogP contribution in [0, 0.1) is 0 Å². The number of likely N-dealkylation sites (tertiary alicyclic amines) is 1. The Morgan fingerprint density at radius 2 is 1.74 bits per heavy atom. The van der Waals surface area contributed by atoms with E-state index in [1.54, 1.807) is 7.11 Å². The highest BCUT2D eigenvalue weighted by atomic mass is 16.5. The summed E-state index contributed by atoms with van der Waals surface area (Å²) in [6, 6.07) is 7.72. The van der Waals surface area contributed by atoms with Gasteiger partial charge in [0.15, 0.2) is 0 Å². The Balaban J connectivity index is 1.80. The lowest BCUT2D eigenvalue weighted by Crippen LogP contribution is -2.26. The van der Waals surface area contributed by atoms with Gasteiger partial charge in [-0.05, 0) is 50.0 Å². The molecule has 0 saturated carbocycles. The average Bonchev–Trinajstić information content (AvgIpc) is 2.73. The van der Waals surface area contributed by atoms with Crippen molar-refractivity contribution < 1.29 is 9.84 Å². The van der Waals surface area contributed by atoms with E-state index in [9.17, 15) is 5.11 Å². The van der Waals surface area contributed by atoms with Gasteiger partial charge in [0.1, 0.15) is 5.75 Å². The van der Waals surface area contributed by atoms with Crippen LogP contribution in [-0.4, -0.2) is 36.8 Å². The molecule has 3 heteroatoms. The van der Waals surface area contributed by atoms with Crippen molar-refractivity contribution in [2.45, 2.75) is 38.2 Å². The van der Waals surface area contributed by atoms with Crippen LogP contribution in [0.1, 0.15) is 43.8 Å². The first-order valence-electron chi connectivity index (χ1n) is 7.34. The van der Waals surface area contributed by atoms with Gasteiger partial charge in [-0.15, -0.1) is 0 Å². The van der Waals surface area contributed by atoms with Crippen LogP contribution in [-0.2, 0) is 0 Å². The molecule has 1 aliphatic rings. The Kier molecular flexibility index (Phi) is 5.67. The molecule has 1 saturated heterocycles. The molecule has 0 bridgehead atoms. The zero-order chi connectivity index (χ0) is 13.5. The second-order valence-electron chi connectivity index (χ2n) is 5.33. The van der Waals surface area contributed by atoms with Crippen LogP contribution >= 0.6 is 0 Å². The SMILES string of the molecule is COc1ccc(C(O)CCN2CCCCCC2)cc1. The molecule has 19 heavy (non-hydrogen) atoms. The predicted molar refractivity (Wildman–Crippen MR) is 77.5 cm³/mol. The van der Waals surface area contributed by atoms with Gasteiger partial charge in [-0.25, -0.2) is 0 Å². The molecule has 0 aliphatic carbocycles. The number of nitrogens with zero attached hydrogens (tertiary/aromatic N) is 1. The largest absolute Gasteiger partial charge is 0.497 e. The van der Waals surface area contributed by atoms with E-state index in [2.05, 4.69) is 4.90 Å². The van der Waals surface area contributed by atoms with Gasteiger partial charge in [0.05, 0.1) is 13.2 Å². The Morgan fingerprint density at radius 3 is 2.32 bits per heavy atom. The molecule has 3 nitrogen and oxygen atoms in total. The fraction of sp³-hybridized carbons (Fsp3) is 0.625. The number of aliphatic hydroxyl groups excluding tert-OH is 1. The lowest BCUT2D eigenvalue weighted by atomic mass is 10.1. The summed E-state index contributed by atoms with van der Waals surface area (Å²) in [5, 5.41) is 10.2. The molecule has 1 N–H and O–H groups in total. The smallest absolute Gasteiger partial charge is 0.118 e. The fourth-order valence-corrected chi connectivity index (χ4v) is 2.66. The van der Waals surface area contributed by atoms with Crippen molar-refractivity contribution >= 4 is 0 Å². The van der Waals surface area contributed by atoms with Crippen molar-refractivity contribution in [1.82, 2.24) is 4.90 Å². The van der Waals surface area contributed by atoms with Gasteiger partial charge in [0, 0.05) is 6.54 Å². The molecule has 106 valence electrons. The third kappa shape index (κ3) is 4.51. The van der Waals surface area contributed by atoms with Crippen LogP contribution < -0.4 is 4.74 Å². The molecule has 2 rings (SSSR count). The van der Waals surface area contributed by atoms with Crippen LogP contribution in [0.2, 0.25) is 0 Å². The number of benzene rings is 1. The van der Waals surface area contributed by atoms with E-state index in [1.165, 1.54) is 38.8 Å². The number of aliphatic hydroxyl groups is 1. The summed E-state index contributed by atoms with van der Waals surface area (Å²) in [5.41, 5.74) is 0.982. The molecule has 0 amide bonds. The molecular formula is C16H25NO2. The first-order valence-corrected chi connectivity index (χ1v) is 7.34. The van der Waals surface area contributed by atoms with Gasteiger partial charge in [-0.3, -0.25) is 0 Å². The summed E-state index contributed by atoms with van der Waals surface area (Å²) in [6.07, 6.45) is 5.77. The van der Waals surface area contributed by atoms with E-state index in [0.29, 0.717) is 0 Å². The van der Waals surface area contributed by atoms with Crippen LogP contribution in [0.4, 0.5) is 0 Å². The molecular weight excluding hydrogens is 238 g/mol. The van der Waals surface area contributed by atoms with E-state index >= 15 is 0 Å².